The first kappa shape index (κ1) is 10.9. The summed E-state index contributed by atoms with van der Waals surface area (Å²) in [5.41, 5.74) is 1.02. The number of thiophene rings is 1. The lowest BCUT2D eigenvalue weighted by atomic mass is 10.3. The molecule has 4 nitrogen and oxygen atoms in total. The second-order valence-electron chi connectivity index (χ2n) is 3.39. The van der Waals surface area contributed by atoms with Crippen molar-refractivity contribution in [3.05, 3.63) is 29.9 Å². The monoisotopic (exact) mass is 236 g/mol. The molecular formula is C11H12N2O2S. The van der Waals surface area contributed by atoms with Crippen molar-refractivity contribution in [1.29, 1.82) is 0 Å². The SMILES string of the molecule is COC(=O)C(C)n1cc(-c2cccs2)cn1. The number of carbonyl (C=O) groups excluding carboxylic acids is 1. The van der Waals surface area contributed by atoms with Crippen LogP contribution in [0.15, 0.2) is 29.9 Å². The summed E-state index contributed by atoms with van der Waals surface area (Å²) in [4.78, 5) is 12.5. The fraction of sp³-hybridized carbons (Fsp3) is 0.273. The van der Waals surface area contributed by atoms with Crippen molar-refractivity contribution >= 4 is 17.3 Å². The van der Waals surface area contributed by atoms with Gasteiger partial charge in [0.15, 0.2) is 0 Å². The molecule has 2 heterocycles. The van der Waals surface area contributed by atoms with Crippen molar-refractivity contribution in [1.82, 2.24) is 9.78 Å². The van der Waals surface area contributed by atoms with Gasteiger partial charge in [0.1, 0.15) is 6.04 Å². The van der Waals surface area contributed by atoms with Gasteiger partial charge in [-0.1, -0.05) is 6.07 Å². The van der Waals surface area contributed by atoms with Crippen molar-refractivity contribution in [3.63, 3.8) is 0 Å². The standard InChI is InChI=1S/C11H12N2O2S/c1-8(11(14)15-2)13-7-9(6-12-13)10-4-3-5-16-10/h3-8H,1-2H3. The summed E-state index contributed by atoms with van der Waals surface area (Å²) in [7, 11) is 1.38. The van der Waals surface area contributed by atoms with Crippen LogP contribution in [0.1, 0.15) is 13.0 Å². The van der Waals surface area contributed by atoms with E-state index >= 15 is 0 Å². The van der Waals surface area contributed by atoms with Gasteiger partial charge in [0.2, 0.25) is 0 Å². The number of nitrogens with zero attached hydrogens (tertiary/aromatic N) is 2. The predicted molar refractivity (Wildman–Crippen MR) is 62.3 cm³/mol. The molecule has 0 fully saturated rings. The molecule has 0 spiro atoms. The van der Waals surface area contributed by atoms with Gasteiger partial charge >= 0.3 is 5.97 Å². The number of esters is 1. The van der Waals surface area contributed by atoms with Gasteiger partial charge in [0.05, 0.1) is 13.3 Å². The minimum Gasteiger partial charge on any atom is -0.467 e. The van der Waals surface area contributed by atoms with E-state index in [1.807, 2.05) is 23.7 Å². The van der Waals surface area contributed by atoms with Crippen molar-refractivity contribution in [3.8, 4) is 10.4 Å². The fourth-order valence-electron chi connectivity index (χ4n) is 1.40. The molecule has 2 rings (SSSR count). The number of methoxy groups -OCH3 is 1. The number of ether oxygens (including phenoxy) is 1. The maximum absolute atomic E-state index is 11.3. The molecule has 5 heteroatoms. The minimum atomic E-state index is -0.390. The lowest BCUT2D eigenvalue weighted by Gasteiger charge is -2.08. The van der Waals surface area contributed by atoms with Crippen LogP contribution in [0.4, 0.5) is 0 Å². The van der Waals surface area contributed by atoms with Crippen molar-refractivity contribution in [2.75, 3.05) is 7.11 Å². The molecule has 84 valence electrons. The Kier molecular flexibility index (Phi) is 3.05. The molecule has 0 saturated carbocycles. The molecular weight excluding hydrogens is 224 g/mol. The van der Waals surface area contributed by atoms with Gasteiger partial charge in [-0.2, -0.15) is 5.10 Å². The molecule has 0 amide bonds. The van der Waals surface area contributed by atoms with E-state index in [-0.39, 0.29) is 5.97 Å². The van der Waals surface area contributed by atoms with Gasteiger partial charge in [-0.05, 0) is 18.4 Å². The van der Waals surface area contributed by atoms with Crippen molar-refractivity contribution in [2.45, 2.75) is 13.0 Å². The molecule has 0 aromatic carbocycles. The Morgan fingerprint density at radius 1 is 1.62 bits per heavy atom. The van der Waals surface area contributed by atoms with Gasteiger partial charge in [-0.15, -0.1) is 11.3 Å². The molecule has 2 aromatic rings. The van der Waals surface area contributed by atoms with E-state index in [0.29, 0.717) is 0 Å². The van der Waals surface area contributed by atoms with Crippen LogP contribution in [0.2, 0.25) is 0 Å². The van der Waals surface area contributed by atoms with E-state index < -0.39 is 6.04 Å². The minimum absolute atomic E-state index is 0.291. The Morgan fingerprint density at radius 3 is 3.06 bits per heavy atom. The summed E-state index contributed by atoms with van der Waals surface area (Å²) >= 11 is 1.65. The maximum Gasteiger partial charge on any atom is 0.330 e. The lowest BCUT2D eigenvalue weighted by Crippen LogP contribution is -2.17. The Labute approximate surface area is 97.5 Å². The largest absolute Gasteiger partial charge is 0.467 e. The number of rotatable bonds is 3. The first-order valence-corrected chi connectivity index (χ1v) is 5.76. The molecule has 0 aliphatic rings. The topological polar surface area (TPSA) is 44.1 Å². The van der Waals surface area contributed by atoms with E-state index in [1.165, 1.54) is 7.11 Å². The summed E-state index contributed by atoms with van der Waals surface area (Å²) in [5, 5.41) is 6.17. The van der Waals surface area contributed by atoms with Crippen LogP contribution in [-0.4, -0.2) is 22.9 Å². The summed E-state index contributed by atoms with van der Waals surface area (Å²) < 4.78 is 6.28. The molecule has 1 unspecified atom stereocenters. The quantitative estimate of drug-likeness (QED) is 0.768. The van der Waals surface area contributed by atoms with Crippen LogP contribution < -0.4 is 0 Å². The predicted octanol–water partition coefficient (Wildman–Crippen LogP) is 2.35. The number of aromatic nitrogens is 2. The maximum atomic E-state index is 11.3. The van der Waals surface area contributed by atoms with Crippen LogP contribution in [0.5, 0.6) is 0 Å². The molecule has 0 radical (unpaired) electrons. The van der Waals surface area contributed by atoms with Gasteiger partial charge in [-0.3, -0.25) is 4.68 Å². The fourth-order valence-corrected chi connectivity index (χ4v) is 2.10. The van der Waals surface area contributed by atoms with Crippen LogP contribution in [0.3, 0.4) is 0 Å². The van der Waals surface area contributed by atoms with E-state index in [0.717, 1.165) is 10.4 Å². The lowest BCUT2D eigenvalue weighted by molar-refractivity contribution is -0.144. The molecule has 0 bridgehead atoms. The highest BCUT2D eigenvalue weighted by Crippen LogP contribution is 2.24. The average molecular weight is 236 g/mol. The molecule has 0 saturated heterocycles. The van der Waals surface area contributed by atoms with Gasteiger partial charge in [0, 0.05) is 16.6 Å². The van der Waals surface area contributed by atoms with Gasteiger partial charge in [0.25, 0.3) is 0 Å². The summed E-state index contributed by atoms with van der Waals surface area (Å²) in [6, 6.07) is 3.62. The first-order valence-electron chi connectivity index (χ1n) is 4.88. The second-order valence-corrected chi connectivity index (χ2v) is 4.33. The van der Waals surface area contributed by atoms with Crippen LogP contribution in [-0.2, 0) is 9.53 Å². The Morgan fingerprint density at radius 2 is 2.44 bits per heavy atom. The average Bonchev–Trinajstić information content (AvgIpc) is 2.96. The molecule has 0 aliphatic heterocycles. The highest BCUT2D eigenvalue weighted by Gasteiger charge is 2.16. The van der Waals surface area contributed by atoms with Crippen LogP contribution in [0.25, 0.3) is 10.4 Å². The number of hydrogen-bond donors (Lipinski definition) is 0. The van der Waals surface area contributed by atoms with Gasteiger partial charge in [-0.25, -0.2) is 4.79 Å². The second kappa shape index (κ2) is 4.49. The smallest absolute Gasteiger partial charge is 0.330 e. The van der Waals surface area contributed by atoms with Crippen molar-refractivity contribution in [2.24, 2.45) is 0 Å². The van der Waals surface area contributed by atoms with E-state index in [9.17, 15) is 4.79 Å². The normalized spacial score (nSPS) is 12.4. The van der Waals surface area contributed by atoms with Crippen molar-refractivity contribution < 1.29 is 9.53 Å². The van der Waals surface area contributed by atoms with E-state index in [2.05, 4.69) is 9.84 Å². The van der Waals surface area contributed by atoms with Crippen LogP contribution in [0, 0.1) is 0 Å². The summed E-state index contributed by atoms with van der Waals surface area (Å²) in [6.07, 6.45) is 3.61. The first-order chi connectivity index (χ1) is 7.72. The zero-order valence-corrected chi connectivity index (χ0v) is 9.90. The Bertz CT molecular complexity index is 476. The highest BCUT2D eigenvalue weighted by atomic mass is 32.1. The van der Waals surface area contributed by atoms with Gasteiger partial charge < -0.3 is 4.74 Å². The number of carbonyl (C=O) groups is 1. The third kappa shape index (κ3) is 1.99. The molecule has 16 heavy (non-hydrogen) atoms. The zero-order valence-electron chi connectivity index (χ0n) is 9.08. The Balaban J connectivity index is 2.23. The van der Waals surface area contributed by atoms with E-state index in [1.54, 1.807) is 29.1 Å². The third-order valence-corrected chi connectivity index (χ3v) is 3.27. The zero-order chi connectivity index (χ0) is 11.5. The van der Waals surface area contributed by atoms with Crippen LogP contribution >= 0.6 is 11.3 Å². The molecule has 1 atom stereocenters. The summed E-state index contributed by atoms with van der Waals surface area (Å²) in [5.74, 6) is -0.291. The molecule has 0 aliphatic carbocycles. The molecule has 0 N–H and O–H groups in total. The Hall–Kier alpha value is -1.62. The number of hydrogen-bond acceptors (Lipinski definition) is 4. The molecule has 2 aromatic heterocycles. The third-order valence-electron chi connectivity index (χ3n) is 2.35. The highest BCUT2D eigenvalue weighted by molar-refractivity contribution is 7.13. The van der Waals surface area contributed by atoms with E-state index in [4.69, 9.17) is 0 Å². The summed E-state index contributed by atoms with van der Waals surface area (Å²) in [6.45, 7) is 1.76.